The summed E-state index contributed by atoms with van der Waals surface area (Å²) < 4.78 is 28.0. The quantitative estimate of drug-likeness (QED) is 0.509. The average molecular weight is 464 g/mol. The molecule has 2 N–H and O–H groups in total. The first-order chi connectivity index (χ1) is 15.0. The topological polar surface area (TPSA) is 130 Å². The Balaban J connectivity index is 1.37. The van der Waals surface area contributed by atoms with Crippen LogP contribution in [0.5, 0.6) is 0 Å². The number of nitro groups is 1. The van der Waals surface area contributed by atoms with E-state index in [1.54, 1.807) is 6.92 Å². The van der Waals surface area contributed by atoms with Crippen molar-refractivity contribution in [2.45, 2.75) is 73.9 Å². The van der Waals surface area contributed by atoms with Crippen molar-refractivity contribution in [3.05, 3.63) is 34.4 Å². The number of carbonyl (C=O) groups is 1. The van der Waals surface area contributed by atoms with Crippen LogP contribution in [0.3, 0.4) is 0 Å². The van der Waals surface area contributed by atoms with E-state index in [0.29, 0.717) is 31.6 Å². The fourth-order valence-electron chi connectivity index (χ4n) is 6.94. The molecule has 5 fully saturated rings. The molecule has 5 aliphatic rings. The predicted molar refractivity (Wildman–Crippen MR) is 115 cm³/mol. The molecule has 3 atom stereocenters. The summed E-state index contributed by atoms with van der Waals surface area (Å²) in [6.07, 6.45) is 5.25. The van der Waals surface area contributed by atoms with Gasteiger partial charge in [0.1, 0.15) is 5.54 Å². The van der Waals surface area contributed by atoms with E-state index in [2.05, 4.69) is 5.32 Å². The number of amides is 1. The van der Waals surface area contributed by atoms with E-state index in [1.807, 2.05) is 0 Å². The lowest BCUT2D eigenvalue weighted by atomic mass is 9.52. The van der Waals surface area contributed by atoms with Gasteiger partial charge in [-0.05, 0) is 81.8 Å². The Labute approximate surface area is 187 Å². The number of hydrogen-bond donors (Lipinski definition) is 2. The zero-order valence-electron chi connectivity index (χ0n) is 18.1. The highest BCUT2D eigenvalue weighted by atomic mass is 32.2. The Morgan fingerprint density at radius 2 is 1.81 bits per heavy atom. The Hall–Kier alpha value is -2.04. The van der Waals surface area contributed by atoms with E-state index in [-0.39, 0.29) is 40.9 Å². The summed E-state index contributed by atoms with van der Waals surface area (Å²) in [4.78, 5) is 23.8. The summed E-state index contributed by atoms with van der Waals surface area (Å²) in [5, 5.41) is 24.9. The number of sulfonamides is 1. The van der Waals surface area contributed by atoms with Gasteiger partial charge in [-0.25, -0.2) is 8.42 Å². The highest BCUT2D eigenvalue weighted by molar-refractivity contribution is 7.89. The van der Waals surface area contributed by atoms with Gasteiger partial charge < -0.3 is 10.4 Å². The van der Waals surface area contributed by atoms with Gasteiger partial charge in [0.2, 0.25) is 15.9 Å². The first-order valence-corrected chi connectivity index (χ1v) is 12.8. The van der Waals surface area contributed by atoms with Gasteiger partial charge in [0.05, 0.1) is 15.4 Å². The molecule has 9 nitrogen and oxygen atoms in total. The first kappa shape index (κ1) is 21.8. The molecule has 1 aromatic carbocycles. The SMILES string of the molecule is C[C@]1(C(=O)NC2C3CC4CC2CC(O)(C4)C3)CCCN1S(=O)(=O)c1ccc([N+](=O)[O-])cc1. The van der Waals surface area contributed by atoms with E-state index in [9.17, 15) is 28.4 Å². The van der Waals surface area contributed by atoms with Crippen molar-refractivity contribution in [3.63, 3.8) is 0 Å². The fraction of sp³-hybridized carbons (Fsp3) is 0.682. The monoisotopic (exact) mass is 463 g/mol. The summed E-state index contributed by atoms with van der Waals surface area (Å²) >= 11 is 0. The van der Waals surface area contributed by atoms with Crippen molar-refractivity contribution in [2.75, 3.05) is 6.54 Å². The molecule has 1 heterocycles. The maximum absolute atomic E-state index is 13.5. The molecule has 1 amide bonds. The van der Waals surface area contributed by atoms with Crippen molar-refractivity contribution in [2.24, 2.45) is 17.8 Å². The molecule has 4 aliphatic carbocycles. The summed E-state index contributed by atoms with van der Waals surface area (Å²) in [6, 6.07) is 4.76. The maximum Gasteiger partial charge on any atom is 0.269 e. The molecule has 0 spiro atoms. The smallest absolute Gasteiger partial charge is 0.269 e. The molecule has 174 valence electrons. The lowest BCUT2D eigenvalue weighted by molar-refractivity contribution is -0.384. The lowest BCUT2D eigenvalue weighted by Gasteiger charge is -2.58. The number of nitrogens with zero attached hydrogens (tertiary/aromatic N) is 2. The summed E-state index contributed by atoms with van der Waals surface area (Å²) in [5.41, 5.74) is -2.00. The second-order valence-corrected chi connectivity index (χ2v) is 12.3. The largest absolute Gasteiger partial charge is 0.390 e. The van der Waals surface area contributed by atoms with Gasteiger partial charge in [0, 0.05) is 24.7 Å². The van der Waals surface area contributed by atoms with Crippen molar-refractivity contribution in [1.29, 1.82) is 0 Å². The molecule has 0 radical (unpaired) electrons. The van der Waals surface area contributed by atoms with Crippen LogP contribution in [0.1, 0.15) is 51.9 Å². The van der Waals surface area contributed by atoms with E-state index < -0.39 is 26.1 Å². The normalized spacial score (nSPS) is 38.7. The van der Waals surface area contributed by atoms with Gasteiger partial charge in [-0.1, -0.05) is 0 Å². The van der Waals surface area contributed by atoms with Gasteiger partial charge in [0.15, 0.2) is 0 Å². The van der Waals surface area contributed by atoms with Gasteiger partial charge in [-0.3, -0.25) is 14.9 Å². The Bertz CT molecular complexity index is 1040. The molecule has 6 rings (SSSR count). The van der Waals surface area contributed by atoms with Crippen LogP contribution < -0.4 is 5.32 Å². The van der Waals surface area contributed by atoms with Crippen molar-refractivity contribution < 1.29 is 23.2 Å². The Morgan fingerprint density at radius 3 is 2.38 bits per heavy atom. The Kier molecular flexibility index (Phi) is 4.92. The van der Waals surface area contributed by atoms with Crippen LogP contribution in [0.15, 0.2) is 29.2 Å². The minimum absolute atomic E-state index is 0.0271. The second kappa shape index (κ2) is 7.23. The third kappa shape index (κ3) is 3.34. The van der Waals surface area contributed by atoms with Crippen LogP contribution in [-0.2, 0) is 14.8 Å². The number of hydrogen-bond acceptors (Lipinski definition) is 6. The van der Waals surface area contributed by atoms with Crippen LogP contribution in [0, 0.1) is 27.9 Å². The van der Waals surface area contributed by atoms with Crippen LogP contribution in [-0.4, -0.2) is 52.4 Å². The summed E-state index contributed by atoms with van der Waals surface area (Å²) in [5.74, 6) is 0.705. The number of nitro benzene ring substituents is 1. The first-order valence-electron chi connectivity index (χ1n) is 11.3. The van der Waals surface area contributed by atoms with Crippen LogP contribution in [0.4, 0.5) is 5.69 Å². The average Bonchev–Trinajstić information content (AvgIpc) is 3.13. The third-order valence-corrected chi connectivity index (χ3v) is 10.3. The highest BCUT2D eigenvalue weighted by Gasteiger charge is 2.57. The number of rotatable bonds is 5. The van der Waals surface area contributed by atoms with Gasteiger partial charge in [0.25, 0.3) is 5.69 Å². The molecule has 2 unspecified atom stereocenters. The minimum Gasteiger partial charge on any atom is -0.390 e. The van der Waals surface area contributed by atoms with E-state index in [0.717, 1.165) is 19.3 Å². The van der Waals surface area contributed by atoms with Crippen LogP contribution in [0.25, 0.3) is 0 Å². The maximum atomic E-state index is 13.5. The van der Waals surface area contributed by atoms with Crippen LogP contribution in [0.2, 0.25) is 0 Å². The molecule has 10 heteroatoms. The zero-order valence-corrected chi connectivity index (χ0v) is 18.9. The third-order valence-electron chi connectivity index (χ3n) is 8.24. The van der Waals surface area contributed by atoms with Gasteiger partial charge >= 0.3 is 0 Å². The molecule has 0 aromatic heterocycles. The van der Waals surface area contributed by atoms with Gasteiger partial charge in [-0.15, -0.1) is 0 Å². The second-order valence-electron chi connectivity index (χ2n) is 10.4. The highest BCUT2D eigenvalue weighted by Crippen LogP contribution is 2.55. The predicted octanol–water partition coefficient (Wildman–Crippen LogP) is 2.19. The molecule has 4 saturated carbocycles. The van der Waals surface area contributed by atoms with E-state index >= 15 is 0 Å². The number of carbonyl (C=O) groups excluding carboxylic acids is 1. The molecule has 4 bridgehead atoms. The molecule has 32 heavy (non-hydrogen) atoms. The van der Waals surface area contributed by atoms with Gasteiger partial charge in [-0.2, -0.15) is 4.31 Å². The lowest BCUT2D eigenvalue weighted by Crippen LogP contribution is -2.65. The van der Waals surface area contributed by atoms with Crippen molar-refractivity contribution in [1.82, 2.24) is 9.62 Å². The number of aliphatic hydroxyl groups is 1. The summed E-state index contributed by atoms with van der Waals surface area (Å²) in [7, 11) is -3.99. The fourth-order valence-corrected chi connectivity index (χ4v) is 8.75. The van der Waals surface area contributed by atoms with E-state index in [1.165, 1.54) is 28.6 Å². The van der Waals surface area contributed by atoms with Crippen LogP contribution >= 0.6 is 0 Å². The van der Waals surface area contributed by atoms with Crippen molar-refractivity contribution in [3.8, 4) is 0 Å². The number of nitrogens with one attached hydrogen (secondary N) is 1. The molecule has 1 aromatic rings. The molecular weight excluding hydrogens is 434 g/mol. The zero-order chi connectivity index (χ0) is 22.9. The molecule has 1 aliphatic heterocycles. The molecule has 1 saturated heterocycles. The Morgan fingerprint density at radius 1 is 1.19 bits per heavy atom. The number of non-ortho nitro benzene ring substituents is 1. The standard InChI is InChI=1S/C22H29N3O6S/c1-21(20(26)23-19-15-9-14-10-16(19)13-22(27,11-14)12-15)7-2-8-24(21)32(30,31)18-5-3-17(4-6-18)25(28)29/h3-6,14-16,19,27H,2,7-13H2,1H3,(H,23,26)/t14?,15?,16?,19?,21-,22?/m1/s1. The van der Waals surface area contributed by atoms with Crippen molar-refractivity contribution >= 4 is 21.6 Å². The molecular formula is C22H29N3O6S. The summed E-state index contributed by atoms with van der Waals surface area (Å²) in [6.45, 7) is 1.89. The number of benzene rings is 1. The minimum atomic E-state index is -3.99. The van der Waals surface area contributed by atoms with E-state index in [4.69, 9.17) is 0 Å².